The van der Waals surface area contributed by atoms with E-state index < -0.39 is 5.97 Å². The molecule has 2 aromatic heterocycles. The highest BCUT2D eigenvalue weighted by Crippen LogP contribution is 2.38. The Morgan fingerprint density at radius 1 is 1.09 bits per heavy atom. The second-order valence-electron chi connectivity index (χ2n) is 9.02. The SMILES string of the molecule is Cc1c(-c2cc(C(=O)O)c3c(O[C@H]4CC[C@H](C)CC4)ccc(C)c3n2)oc2ccccc12. The van der Waals surface area contributed by atoms with Crippen molar-refractivity contribution in [2.75, 3.05) is 0 Å². The number of ether oxygens (including phenoxy) is 1. The molecule has 164 valence electrons. The summed E-state index contributed by atoms with van der Waals surface area (Å²) < 4.78 is 12.4. The van der Waals surface area contributed by atoms with E-state index in [0.717, 1.165) is 53.7 Å². The van der Waals surface area contributed by atoms with E-state index in [1.165, 1.54) is 0 Å². The molecule has 1 N–H and O–H groups in total. The van der Waals surface area contributed by atoms with Crippen molar-refractivity contribution >= 4 is 27.8 Å². The monoisotopic (exact) mass is 429 g/mol. The number of aromatic carboxylic acids is 1. The number of hydrogen-bond acceptors (Lipinski definition) is 4. The number of aromatic nitrogens is 1. The molecule has 32 heavy (non-hydrogen) atoms. The molecule has 0 spiro atoms. The maximum Gasteiger partial charge on any atom is 0.336 e. The van der Waals surface area contributed by atoms with Gasteiger partial charge in [0.05, 0.1) is 22.6 Å². The smallest absolute Gasteiger partial charge is 0.336 e. The van der Waals surface area contributed by atoms with Gasteiger partial charge in [-0.15, -0.1) is 0 Å². The molecule has 0 saturated heterocycles. The summed E-state index contributed by atoms with van der Waals surface area (Å²) in [5.41, 5.74) is 3.97. The third-order valence-corrected chi connectivity index (χ3v) is 6.69. The number of carboxylic acid groups (broad SMARTS) is 1. The molecular formula is C27H27NO4. The molecule has 0 radical (unpaired) electrons. The number of hydrogen-bond donors (Lipinski definition) is 1. The van der Waals surface area contributed by atoms with Crippen LogP contribution in [0.2, 0.25) is 0 Å². The molecule has 0 amide bonds. The lowest BCUT2D eigenvalue weighted by Gasteiger charge is -2.27. The third kappa shape index (κ3) is 3.52. The fourth-order valence-electron chi connectivity index (χ4n) is 4.77. The van der Waals surface area contributed by atoms with Crippen molar-refractivity contribution < 1.29 is 19.1 Å². The van der Waals surface area contributed by atoms with Gasteiger partial charge in [0, 0.05) is 10.9 Å². The van der Waals surface area contributed by atoms with Gasteiger partial charge in [0.15, 0.2) is 5.76 Å². The largest absolute Gasteiger partial charge is 0.490 e. The number of fused-ring (bicyclic) bond motifs is 2. The van der Waals surface area contributed by atoms with Crippen LogP contribution in [0.3, 0.4) is 0 Å². The van der Waals surface area contributed by atoms with Crippen LogP contribution in [-0.2, 0) is 0 Å². The number of para-hydroxylation sites is 1. The van der Waals surface area contributed by atoms with E-state index >= 15 is 0 Å². The molecule has 2 aromatic carbocycles. The van der Waals surface area contributed by atoms with Crippen LogP contribution in [0.15, 0.2) is 46.9 Å². The summed E-state index contributed by atoms with van der Waals surface area (Å²) in [6, 6.07) is 13.3. The van der Waals surface area contributed by atoms with Gasteiger partial charge in [0.1, 0.15) is 17.0 Å². The van der Waals surface area contributed by atoms with E-state index in [9.17, 15) is 9.90 Å². The van der Waals surface area contributed by atoms with E-state index in [2.05, 4.69) is 6.92 Å². The van der Waals surface area contributed by atoms with E-state index in [-0.39, 0.29) is 11.7 Å². The first-order chi connectivity index (χ1) is 15.4. The van der Waals surface area contributed by atoms with Crippen molar-refractivity contribution in [2.24, 2.45) is 5.92 Å². The Morgan fingerprint density at radius 2 is 1.84 bits per heavy atom. The Balaban J connectivity index is 1.67. The molecule has 0 unspecified atom stereocenters. The lowest BCUT2D eigenvalue weighted by Crippen LogP contribution is -2.23. The number of nitrogens with zero attached hydrogens (tertiary/aromatic N) is 1. The third-order valence-electron chi connectivity index (χ3n) is 6.69. The highest BCUT2D eigenvalue weighted by molar-refractivity contribution is 6.07. The zero-order chi connectivity index (χ0) is 22.4. The molecule has 1 saturated carbocycles. The highest BCUT2D eigenvalue weighted by atomic mass is 16.5. The molecule has 2 heterocycles. The minimum Gasteiger partial charge on any atom is -0.490 e. The molecule has 5 rings (SSSR count). The van der Waals surface area contributed by atoms with Crippen LogP contribution in [0.1, 0.15) is 54.1 Å². The Morgan fingerprint density at radius 3 is 2.56 bits per heavy atom. The molecular weight excluding hydrogens is 402 g/mol. The summed E-state index contributed by atoms with van der Waals surface area (Å²) in [4.78, 5) is 17.2. The number of pyridine rings is 1. The van der Waals surface area contributed by atoms with E-state index in [4.69, 9.17) is 14.1 Å². The number of furan rings is 1. The van der Waals surface area contributed by atoms with Crippen LogP contribution in [-0.4, -0.2) is 22.2 Å². The highest BCUT2D eigenvalue weighted by Gasteiger charge is 2.24. The Hall–Kier alpha value is -3.34. The number of carboxylic acids is 1. The first kappa shape index (κ1) is 20.6. The summed E-state index contributed by atoms with van der Waals surface area (Å²) >= 11 is 0. The summed E-state index contributed by atoms with van der Waals surface area (Å²) in [5, 5.41) is 11.7. The summed E-state index contributed by atoms with van der Waals surface area (Å²) in [7, 11) is 0. The van der Waals surface area contributed by atoms with Crippen LogP contribution >= 0.6 is 0 Å². The Labute approximate surface area is 187 Å². The topological polar surface area (TPSA) is 72.6 Å². The maximum atomic E-state index is 12.3. The van der Waals surface area contributed by atoms with Crippen LogP contribution < -0.4 is 4.74 Å². The van der Waals surface area contributed by atoms with Crippen LogP contribution in [0.5, 0.6) is 5.75 Å². The predicted molar refractivity (Wildman–Crippen MR) is 125 cm³/mol. The van der Waals surface area contributed by atoms with E-state index in [0.29, 0.717) is 28.1 Å². The predicted octanol–water partition coefficient (Wildman–Crippen LogP) is 6.92. The van der Waals surface area contributed by atoms with Gasteiger partial charge in [0.25, 0.3) is 0 Å². The van der Waals surface area contributed by atoms with Crippen molar-refractivity contribution in [1.82, 2.24) is 4.98 Å². The molecule has 5 nitrogen and oxygen atoms in total. The second kappa shape index (κ2) is 7.97. The molecule has 1 fully saturated rings. The molecule has 1 aliphatic carbocycles. The molecule has 0 atom stereocenters. The van der Waals surface area contributed by atoms with Gasteiger partial charge >= 0.3 is 5.97 Å². The van der Waals surface area contributed by atoms with Crippen molar-refractivity contribution in [3.63, 3.8) is 0 Å². The lowest BCUT2D eigenvalue weighted by molar-refractivity contribution is 0.0698. The van der Waals surface area contributed by atoms with Crippen molar-refractivity contribution in [2.45, 2.75) is 52.6 Å². The minimum atomic E-state index is -1.000. The normalized spacial score (nSPS) is 18.8. The summed E-state index contributed by atoms with van der Waals surface area (Å²) in [6.07, 6.45) is 4.35. The first-order valence-corrected chi connectivity index (χ1v) is 11.2. The van der Waals surface area contributed by atoms with Crippen molar-refractivity contribution in [3.8, 4) is 17.2 Å². The minimum absolute atomic E-state index is 0.107. The summed E-state index contributed by atoms with van der Waals surface area (Å²) in [6.45, 7) is 6.19. The quantitative estimate of drug-likeness (QED) is 0.381. The fraction of sp³-hybridized carbons (Fsp3) is 0.333. The number of benzene rings is 2. The van der Waals surface area contributed by atoms with Gasteiger partial charge in [0.2, 0.25) is 0 Å². The standard InChI is InChI=1S/C27H27NO4/c1-15-8-11-18(12-9-15)31-23-13-10-16(2)25-24(23)20(27(29)30)14-21(28-25)26-17(3)19-6-4-5-7-22(19)32-26/h4-7,10,13-15,18H,8-9,11-12H2,1-3H3,(H,29,30)/t15-,18-. The number of aryl methyl sites for hydroxylation is 2. The Kier molecular flexibility index (Phi) is 5.12. The number of rotatable bonds is 4. The first-order valence-electron chi connectivity index (χ1n) is 11.2. The maximum absolute atomic E-state index is 12.3. The molecule has 1 aliphatic rings. The van der Waals surface area contributed by atoms with Gasteiger partial charge in [-0.3, -0.25) is 0 Å². The average Bonchev–Trinajstić information content (AvgIpc) is 3.13. The van der Waals surface area contributed by atoms with Crippen molar-refractivity contribution in [1.29, 1.82) is 0 Å². The molecule has 0 bridgehead atoms. The summed E-state index contributed by atoms with van der Waals surface area (Å²) in [5.74, 6) is 0.918. The Bertz CT molecular complexity index is 1330. The van der Waals surface area contributed by atoms with Gasteiger partial charge in [-0.05, 0) is 69.2 Å². The number of carbonyl (C=O) groups is 1. The van der Waals surface area contributed by atoms with Gasteiger partial charge < -0.3 is 14.3 Å². The molecule has 5 heteroatoms. The molecule has 4 aromatic rings. The van der Waals surface area contributed by atoms with Gasteiger partial charge in [-0.25, -0.2) is 9.78 Å². The molecule has 0 aliphatic heterocycles. The van der Waals surface area contributed by atoms with Gasteiger partial charge in [-0.2, -0.15) is 0 Å². The van der Waals surface area contributed by atoms with E-state index in [1.54, 1.807) is 6.07 Å². The lowest BCUT2D eigenvalue weighted by atomic mass is 9.89. The zero-order valence-electron chi connectivity index (χ0n) is 18.6. The average molecular weight is 430 g/mol. The van der Waals surface area contributed by atoms with Gasteiger partial charge in [-0.1, -0.05) is 31.2 Å². The van der Waals surface area contributed by atoms with E-state index in [1.807, 2.05) is 50.2 Å². The van der Waals surface area contributed by atoms with Crippen molar-refractivity contribution in [3.05, 3.63) is 59.2 Å². The van der Waals surface area contributed by atoms with Crippen LogP contribution in [0, 0.1) is 19.8 Å². The van der Waals surface area contributed by atoms with Crippen LogP contribution in [0.25, 0.3) is 33.3 Å². The second-order valence-corrected chi connectivity index (χ2v) is 9.02. The van der Waals surface area contributed by atoms with Crippen LogP contribution in [0.4, 0.5) is 0 Å². The zero-order valence-corrected chi connectivity index (χ0v) is 18.6. The fourth-order valence-corrected chi connectivity index (χ4v) is 4.77.